The Morgan fingerprint density at radius 2 is 1.63 bits per heavy atom. The second-order valence-electron chi connectivity index (χ2n) is 8.04. The number of carbonyl (C=O) groups excluding carboxylic acids is 1. The Hall–Kier alpha value is -4.13. The van der Waals surface area contributed by atoms with Crippen LogP contribution in [0, 0.1) is 0 Å². The molecule has 3 aromatic carbocycles. The van der Waals surface area contributed by atoms with Crippen LogP contribution in [0.1, 0.15) is 42.5 Å². The third-order valence-corrected chi connectivity index (χ3v) is 6.13. The summed E-state index contributed by atoms with van der Waals surface area (Å²) < 4.78 is 12.4. The van der Waals surface area contributed by atoms with Crippen LogP contribution >= 0.6 is 0 Å². The number of ether oxygens (including phenoxy) is 2. The lowest BCUT2D eigenvalue weighted by atomic mass is 10.1. The van der Waals surface area contributed by atoms with Crippen molar-refractivity contribution in [3.63, 3.8) is 0 Å². The van der Waals surface area contributed by atoms with Gasteiger partial charge in [0.1, 0.15) is 17.3 Å². The Labute approximate surface area is 204 Å². The molecule has 7 nitrogen and oxygen atoms in total. The lowest BCUT2D eigenvalue weighted by Gasteiger charge is -2.31. The first-order chi connectivity index (χ1) is 17.0. The van der Waals surface area contributed by atoms with E-state index in [9.17, 15) is 9.59 Å². The normalized spacial score (nSPS) is 11.8. The van der Waals surface area contributed by atoms with Crippen LogP contribution in [0.3, 0.4) is 0 Å². The van der Waals surface area contributed by atoms with Crippen molar-refractivity contribution in [3.05, 3.63) is 94.5 Å². The number of carbonyl (C=O) groups is 1. The Morgan fingerprint density at radius 3 is 2.29 bits per heavy atom. The fourth-order valence-corrected chi connectivity index (χ4v) is 4.37. The van der Waals surface area contributed by atoms with E-state index in [1.165, 1.54) is 0 Å². The molecule has 1 heterocycles. The van der Waals surface area contributed by atoms with Gasteiger partial charge in [-0.2, -0.15) is 0 Å². The van der Waals surface area contributed by atoms with E-state index in [4.69, 9.17) is 14.5 Å². The average molecular weight is 472 g/mol. The zero-order valence-corrected chi connectivity index (χ0v) is 20.4. The van der Waals surface area contributed by atoms with Crippen LogP contribution in [0.4, 0.5) is 0 Å². The van der Waals surface area contributed by atoms with Gasteiger partial charge in [-0.1, -0.05) is 31.2 Å². The zero-order valence-electron chi connectivity index (χ0n) is 20.4. The van der Waals surface area contributed by atoms with E-state index in [1.807, 2.05) is 56.3 Å². The summed E-state index contributed by atoms with van der Waals surface area (Å²) in [5.74, 6) is 1.57. The van der Waals surface area contributed by atoms with Crippen LogP contribution in [0.2, 0.25) is 0 Å². The molecule has 4 aromatic rings. The number of hydrogen-bond acceptors (Lipinski definition) is 5. The van der Waals surface area contributed by atoms with Gasteiger partial charge in [-0.3, -0.25) is 14.2 Å². The standard InChI is InChI=1S/C28H29N3O4/c1-5-23(30(6-2)27(32)19-15-17-20(34-3)18-16-19)26-29-22-12-8-7-11-21(22)28(33)31(26)24-13-9-10-14-25(24)35-4/h7-18,23H,5-6H2,1-4H3. The summed E-state index contributed by atoms with van der Waals surface area (Å²) in [6, 6.07) is 21.2. The van der Waals surface area contributed by atoms with E-state index in [2.05, 4.69) is 0 Å². The van der Waals surface area contributed by atoms with Gasteiger partial charge in [0.25, 0.3) is 11.5 Å². The third kappa shape index (κ3) is 4.49. The fourth-order valence-electron chi connectivity index (χ4n) is 4.37. The number of fused-ring (bicyclic) bond motifs is 1. The SMILES string of the molecule is CCC(c1nc2ccccc2c(=O)n1-c1ccccc1OC)N(CC)C(=O)c1ccc(OC)cc1. The summed E-state index contributed by atoms with van der Waals surface area (Å²) in [5.41, 5.74) is 1.50. The van der Waals surface area contributed by atoms with Crippen molar-refractivity contribution in [3.8, 4) is 17.2 Å². The fraction of sp³-hybridized carbons (Fsp3) is 0.250. The van der Waals surface area contributed by atoms with Crippen LogP contribution in [-0.4, -0.2) is 41.1 Å². The topological polar surface area (TPSA) is 73.7 Å². The molecule has 7 heteroatoms. The molecule has 1 unspecified atom stereocenters. The number of amides is 1. The minimum atomic E-state index is -0.447. The molecule has 1 atom stereocenters. The maximum absolute atomic E-state index is 13.8. The first-order valence-corrected chi connectivity index (χ1v) is 11.6. The minimum Gasteiger partial charge on any atom is -0.497 e. The maximum Gasteiger partial charge on any atom is 0.266 e. The smallest absolute Gasteiger partial charge is 0.266 e. The van der Waals surface area contributed by atoms with Crippen LogP contribution in [0.25, 0.3) is 16.6 Å². The van der Waals surface area contributed by atoms with Gasteiger partial charge >= 0.3 is 0 Å². The third-order valence-electron chi connectivity index (χ3n) is 6.13. The Morgan fingerprint density at radius 1 is 0.943 bits per heavy atom. The summed E-state index contributed by atoms with van der Waals surface area (Å²) >= 11 is 0. The summed E-state index contributed by atoms with van der Waals surface area (Å²) in [6.07, 6.45) is 0.565. The molecule has 0 spiro atoms. The maximum atomic E-state index is 13.8. The number of rotatable bonds is 8. The van der Waals surface area contributed by atoms with Crippen molar-refractivity contribution in [1.29, 1.82) is 0 Å². The first-order valence-electron chi connectivity index (χ1n) is 11.6. The highest BCUT2D eigenvalue weighted by atomic mass is 16.5. The van der Waals surface area contributed by atoms with Crippen molar-refractivity contribution in [2.75, 3.05) is 20.8 Å². The van der Waals surface area contributed by atoms with Crippen LogP contribution in [0.5, 0.6) is 11.5 Å². The molecular weight excluding hydrogens is 442 g/mol. The lowest BCUT2D eigenvalue weighted by Crippen LogP contribution is -2.38. The van der Waals surface area contributed by atoms with Crippen molar-refractivity contribution < 1.29 is 14.3 Å². The summed E-state index contributed by atoms with van der Waals surface area (Å²) in [6.45, 7) is 4.36. The largest absolute Gasteiger partial charge is 0.497 e. The van der Waals surface area contributed by atoms with E-state index in [-0.39, 0.29) is 11.5 Å². The van der Waals surface area contributed by atoms with Gasteiger partial charge in [-0.15, -0.1) is 0 Å². The average Bonchev–Trinajstić information content (AvgIpc) is 2.91. The molecule has 0 saturated carbocycles. The molecule has 180 valence electrons. The number of aromatic nitrogens is 2. The van der Waals surface area contributed by atoms with Crippen LogP contribution in [-0.2, 0) is 0 Å². The Bertz CT molecular complexity index is 1400. The number of benzene rings is 3. The Kier molecular flexibility index (Phi) is 7.15. The molecule has 0 aliphatic rings. The highest BCUT2D eigenvalue weighted by Crippen LogP contribution is 2.30. The van der Waals surface area contributed by atoms with Crippen molar-refractivity contribution in [1.82, 2.24) is 14.5 Å². The second-order valence-corrected chi connectivity index (χ2v) is 8.04. The molecule has 4 rings (SSSR count). The highest BCUT2D eigenvalue weighted by molar-refractivity contribution is 5.94. The van der Waals surface area contributed by atoms with Gasteiger partial charge in [0.2, 0.25) is 0 Å². The monoisotopic (exact) mass is 471 g/mol. The van der Waals surface area contributed by atoms with Gasteiger partial charge < -0.3 is 14.4 Å². The number of para-hydroxylation sites is 3. The predicted molar refractivity (Wildman–Crippen MR) is 137 cm³/mol. The minimum absolute atomic E-state index is 0.143. The molecule has 1 aromatic heterocycles. The molecule has 0 radical (unpaired) electrons. The lowest BCUT2D eigenvalue weighted by molar-refractivity contribution is 0.0672. The predicted octanol–water partition coefficient (Wildman–Crippen LogP) is 5.02. The molecule has 0 N–H and O–H groups in total. The molecule has 0 fully saturated rings. The molecule has 0 aliphatic heterocycles. The van der Waals surface area contributed by atoms with Gasteiger partial charge in [0, 0.05) is 12.1 Å². The first kappa shape index (κ1) is 24.0. The van der Waals surface area contributed by atoms with Crippen molar-refractivity contribution in [2.24, 2.45) is 0 Å². The van der Waals surface area contributed by atoms with Crippen molar-refractivity contribution >= 4 is 16.8 Å². The second kappa shape index (κ2) is 10.4. The summed E-state index contributed by atoms with van der Waals surface area (Å²) in [5, 5.41) is 0.501. The molecule has 0 bridgehead atoms. The number of hydrogen-bond donors (Lipinski definition) is 0. The van der Waals surface area contributed by atoms with E-state index in [0.29, 0.717) is 52.4 Å². The highest BCUT2D eigenvalue weighted by Gasteiger charge is 2.29. The van der Waals surface area contributed by atoms with Gasteiger partial charge in [-0.25, -0.2) is 4.98 Å². The van der Waals surface area contributed by atoms with E-state index < -0.39 is 6.04 Å². The molecule has 0 aliphatic carbocycles. The summed E-state index contributed by atoms with van der Waals surface area (Å²) in [4.78, 5) is 34.1. The van der Waals surface area contributed by atoms with Gasteiger partial charge in [0.05, 0.1) is 36.9 Å². The van der Waals surface area contributed by atoms with Crippen molar-refractivity contribution in [2.45, 2.75) is 26.3 Å². The zero-order chi connectivity index (χ0) is 24.9. The molecule has 0 saturated heterocycles. The Balaban J connectivity index is 1.93. The molecule has 35 heavy (non-hydrogen) atoms. The van der Waals surface area contributed by atoms with Gasteiger partial charge in [-0.05, 0) is 61.9 Å². The van der Waals surface area contributed by atoms with Gasteiger partial charge in [0.15, 0.2) is 0 Å². The van der Waals surface area contributed by atoms with E-state index >= 15 is 0 Å². The molecule has 1 amide bonds. The number of nitrogens with zero attached hydrogens (tertiary/aromatic N) is 3. The molecular formula is C28H29N3O4. The van der Waals surface area contributed by atoms with E-state index in [1.54, 1.807) is 54.0 Å². The van der Waals surface area contributed by atoms with E-state index in [0.717, 1.165) is 0 Å². The van der Waals surface area contributed by atoms with Crippen LogP contribution < -0.4 is 15.0 Å². The summed E-state index contributed by atoms with van der Waals surface area (Å²) in [7, 11) is 3.16. The quantitative estimate of drug-likeness (QED) is 0.361. The number of methoxy groups -OCH3 is 2. The van der Waals surface area contributed by atoms with Crippen LogP contribution in [0.15, 0.2) is 77.6 Å².